The van der Waals surface area contributed by atoms with Gasteiger partial charge in [-0.2, -0.15) is 0 Å². The third-order valence-electron chi connectivity index (χ3n) is 2.57. The zero-order valence-electron chi connectivity index (χ0n) is 10.6. The molecule has 0 aliphatic heterocycles. The summed E-state index contributed by atoms with van der Waals surface area (Å²) in [5.74, 6) is -0.366. The normalized spacial score (nSPS) is 13.5. The number of nitrogens with one attached hydrogen (secondary N) is 2. The van der Waals surface area contributed by atoms with E-state index in [1.165, 1.54) is 6.07 Å². The quantitative estimate of drug-likeness (QED) is 0.739. The maximum atomic E-state index is 13.5. The lowest BCUT2D eigenvalue weighted by Crippen LogP contribution is -2.30. The van der Waals surface area contributed by atoms with Gasteiger partial charge in [0.1, 0.15) is 5.82 Å². The minimum Gasteiger partial charge on any atom is -0.320 e. The van der Waals surface area contributed by atoms with E-state index in [0.29, 0.717) is 18.5 Å². The highest BCUT2D eigenvalue weighted by Crippen LogP contribution is 2.16. The van der Waals surface area contributed by atoms with Crippen LogP contribution >= 0.6 is 0 Å². The number of halogens is 1. The summed E-state index contributed by atoms with van der Waals surface area (Å²) >= 11 is 0. The molecule has 1 aromatic carbocycles. The fourth-order valence-electron chi connectivity index (χ4n) is 1.66. The van der Waals surface area contributed by atoms with Crippen molar-refractivity contribution in [3.8, 4) is 0 Å². The summed E-state index contributed by atoms with van der Waals surface area (Å²) in [6.45, 7) is 2.27. The van der Waals surface area contributed by atoms with Gasteiger partial charge in [-0.25, -0.2) is 17.5 Å². The number of hydrogen-bond acceptors (Lipinski definition) is 3. The van der Waals surface area contributed by atoms with Gasteiger partial charge in [0.2, 0.25) is 10.0 Å². The van der Waals surface area contributed by atoms with Crippen molar-refractivity contribution in [2.45, 2.75) is 19.4 Å². The van der Waals surface area contributed by atoms with E-state index in [1.807, 2.05) is 0 Å². The Morgan fingerprint density at radius 3 is 2.61 bits per heavy atom. The molecule has 0 heterocycles. The van der Waals surface area contributed by atoms with Gasteiger partial charge < -0.3 is 5.32 Å². The largest absolute Gasteiger partial charge is 0.320 e. The average Bonchev–Trinajstić information content (AvgIpc) is 2.29. The standard InChI is InChI=1S/C12H19FN2O2S/c1-10(11-6-3-4-7-12(11)13)15-18(16,17)9-5-8-14-2/h3-4,6-7,10,14-15H,5,8-9H2,1-2H3. The molecule has 1 rings (SSSR count). The maximum Gasteiger partial charge on any atom is 0.212 e. The lowest BCUT2D eigenvalue weighted by atomic mass is 10.1. The van der Waals surface area contributed by atoms with Crippen LogP contribution in [0.2, 0.25) is 0 Å². The van der Waals surface area contributed by atoms with E-state index in [9.17, 15) is 12.8 Å². The number of sulfonamides is 1. The van der Waals surface area contributed by atoms with Crippen LogP contribution in [0.15, 0.2) is 24.3 Å². The third kappa shape index (κ3) is 4.72. The van der Waals surface area contributed by atoms with Gasteiger partial charge in [0.25, 0.3) is 0 Å². The van der Waals surface area contributed by atoms with Crippen LogP contribution in [0, 0.1) is 5.82 Å². The molecule has 0 aromatic heterocycles. The van der Waals surface area contributed by atoms with Crippen LogP contribution in [-0.2, 0) is 10.0 Å². The number of rotatable bonds is 7. The van der Waals surface area contributed by atoms with Gasteiger partial charge in [0.15, 0.2) is 0 Å². The summed E-state index contributed by atoms with van der Waals surface area (Å²) < 4.78 is 39.4. The van der Waals surface area contributed by atoms with Crippen molar-refractivity contribution < 1.29 is 12.8 Å². The van der Waals surface area contributed by atoms with Crippen LogP contribution in [0.25, 0.3) is 0 Å². The molecule has 0 saturated carbocycles. The van der Waals surface area contributed by atoms with E-state index < -0.39 is 21.9 Å². The Morgan fingerprint density at radius 1 is 1.33 bits per heavy atom. The summed E-state index contributed by atoms with van der Waals surface area (Å²) in [6, 6.07) is 5.60. The minimum atomic E-state index is -3.37. The Kier molecular flexibility index (Phi) is 5.71. The van der Waals surface area contributed by atoms with Crippen LogP contribution < -0.4 is 10.0 Å². The fraction of sp³-hybridized carbons (Fsp3) is 0.500. The zero-order valence-corrected chi connectivity index (χ0v) is 11.4. The lowest BCUT2D eigenvalue weighted by Gasteiger charge is -2.15. The molecule has 1 atom stereocenters. The van der Waals surface area contributed by atoms with Crippen LogP contribution in [0.1, 0.15) is 24.9 Å². The van der Waals surface area contributed by atoms with E-state index in [4.69, 9.17) is 0 Å². The first-order valence-electron chi connectivity index (χ1n) is 5.85. The van der Waals surface area contributed by atoms with E-state index in [1.54, 1.807) is 32.2 Å². The van der Waals surface area contributed by atoms with Crippen molar-refractivity contribution in [2.24, 2.45) is 0 Å². The number of benzene rings is 1. The monoisotopic (exact) mass is 274 g/mol. The molecular weight excluding hydrogens is 255 g/mol. The van der Waals surface area contributed by atoms with Gasteiger partial charge in [0.05, 0.1) is 5.75 Å². The second-order valence-corrected chi connectivity index (χ2v) is 6.01. The second-order valence-electron chi connectivity index (χ2n) is 4.14. The Bertz CT molecular complexity index is 477. The molecule has 0 fully saturated rings. The molecule has 0 aliphatic carbocycles. The molecule has 0 spiro atoms. The van der Waals surface area contributed by atoms with Crippen molar-refractivity contribution in [3.05, 3.63) is 35.6 Å². The first-order chi connectivity index (χ1) is 8.46. The van der Waals surface area contributed by atoms with Gasteiger partial charge >= 0.3 is 0 Å². The third-order valence-corrected chi connectivity index (χ3v) is 4.11. The topological polar surface area (TPSA) is 58.2 Å². The first kappa shape index (κ1) is 15.1. The summed E-state index contributed by atoms with van der Waals surface area (Å²) in [7, 11) is -1.61. The molecule has 0 bridgehead atoms. The Balaban J connectivity index is 2.64. The number of hydrogen-bond donors (Lipinski definition) is 2. The van der Waals surface area contributed by atoms with Gasteiger partial charge in [-0.3, -0.25) is 0 Å². The van der Waals surface area contributed by atoms with Crippen LogP contribution in [0.4, 0.5) is 4.39 Å². The van der Waals surface area contributed by atoms with Crippen molar-refractivity contribution in [1.82, 2.24) is 10.0 Å². The Morgan fingerprint density at radius 2 is 2.00 bits per heavy atom. The van der Waals surface area contributed by atoms with Gasteiger partial charge in [-0.15, -0.1) is 0 Å². The molecule has 4 nitrogen and oxygen atoms in total. The molecule has 0 aliphatic rings. The molecule has 102 valence electrons. The smallest absolute Gasteiger partial charge is 0.212 e. The molecule has 0 radical (unpaired) electrons. The SMILES string of the molecule is CNCCCS(=O)(=O)NC(C)c1ccccc1F. The predicted octanol–water partition coefficient (Wildman–Crippen LogP) is 1.42. The molecule has 0 saturated heterocycles. The molecule has 6 heteroatoms. The van der Waals surface area contributed by atoms with Crippen molar-refractivity contribution >= 4 is 10.0 Å². The highest BCUT2D eigenvalue weighted by atomic mass is 32.2. The highest BCUT2D eigenvalue weighted by Gasteiger charge is 2.17. The molecule has 0 amide bonds. The molecule has 1 aromatic rings. The Labute approximate surface area is 108 Å². The van der Waals surface area contributed by atoms with Gasteiger partial charge in [-0.1, -0.05) is 18.2 Å². The van der Waals surface area contributed by atoms with Gasteiger partial charge in [-0.05, 0) is 33.0 Å². The lowest BCUT2D eigenvalue weighted by molar-refractivity contribution is 0.547. The minimum absolute atomic E-state index is 0.0344. The van der Waals surface area contributed by atoms with Crippen molar-refractivity contribution in [2.75, 3.05) is 19.3 Å². The van der Waals surface area contributed by atoms with Crippen LogP contribution in [0.5, 0.6) is 0 Å². The van der Waals surface area contributed by atoms with Gasteiger partial charge in [0, 0.05) is 11.6 Å². The summed E-state index contributed by atoms with van der Waals surface area (Å²) in [5, 5.41) is 2.88. The Hall–Kier alpha value is -0.980. The zero-order chi connectivity index (χ0) is 13.6. The molecule has 1 unspecified atom stereocenters. The molecule has 2 N–H and O–H groups in total. The first-order valence-corrected chi connectivity index (χ1v) is 7.50. The summed E-state index contributed by atoms with van der Waals surface area (Å²) in [6.07, 6.45) is 0.524. The van der Waals surface area contributed by atoms with Crippen LogP contribution in [-0.4, -0.2) is 27.8 Å². The van der Waals surface area contributed by atoms with E-state index in [0.717, 1.165) is 0 Å². The van der Waals surface area contributed by atoms with Crippen molar-refractivity contribution in [1.29, 1.82) is 0 Å². The van der Waals surface area contributed by atoms with E-state index >= 15 is 0 Å². The summed E-state index contributed by atoms with van der Waals surface area (Å²) in [4.78, 5) is 0. The molecule has 18 heavy (non-hydrogen) atoms. The van der Waals surface area contributed by atoms with Crippen molar-refractivity contribution in [3.63, 3.8) is 0 Å². The van der Waals surface area contributed by atoms with Crippen LogP contribution in [0.3, 0.4) is 0 Å². The maximum absolute atomic E-state index is 13.5. The second kappa shape index (κ2) is 6.82. The average molecular weight is 274 g/mol. The summed E-state index contributed by atoms with van der Waals surface area (Å²) in [5.41, 5.74) is 0.356. The highest BCUT2D eigenvalue weighted by molar-refractivity contribution is 7.89. The van der Waals surface area contributed by atoms with E-state index in [-0.39, 0.29) is 5.75 Å². The molecular formula is C12H19FN2O2S. The predicted molar refractivity (Wildman–Crippen MR) is 70.3 cm³/mol. The fourth-order valence-corrected chi connectivity index (χ4v) is 2.96. The van der Waals surface area contributed by atoms with E-state index in [2.05, 4.69) is 10.0 Å².